The molecule has 0 unspecified atom stereocenters. The van der Waals surface area contributed by atoms with Crippen molar-refractivity contribution in [1.82, 2.24) is 14.9 Å². The molecule has 3 heterocycles. The fourth-order valence-electron chi connectivity index (χ4n) is 3.05. The van der Waals surface area contributed by atoms with E-state index < -0.39 is 0 Å². The van der Waals surface area contributed by atoms with E-state index in [2.05, 4.69) is 9.97 Å². The van der Waals surface area contributed by atoms with Gasteiger partial charge in [0.2, 0.25) is 0 Å². The van der Waals surface area contributed by atoms with Crippen LogP contribution in [0.2, 0.25) is 0 Å². The number of nitrogen functional groups attached to an aromatic ring is 1. The molecular formula is C19H18N4O2. The van der Waals surface area contributed by atoms with Gasteiger partial charge in [-0.25, -0.2) is 4.98 Å². The fourth-order valence-corrected chi connectivity index (χ4v) is 3.05. The van der Waals surface area contributed by atoms with Gasteiger partial charge >= 0.3 is 0 Å². The monoisotopic (exact) mass is 334 g/mol. The Morgan fingerprint density at radius 1 is 1.20 bits per heavy atom. The molecule has 2 N–H and O–H groups in total. The smallest absolute Gasteiger partial charge is 0.254 e. The van der Waals surface area contributed by atoms with Crippen molar-refractivity contribution in [3.63, 3.8) is 0 Å². The van der Waals surface area contributed by atoms with Gasteiger partial charge in [0, 0.05) is 23.7 Å². The third kappa shape index (κ3) is 3.16. The molecule has 1 amide bonds. The Morgan fingerprint density at radius 3 is 3.00 bits per heavy atom. The van der Waals surface area contributed by atoms with E-state index in [1.807, 2.05) is 42.5 Å². The minimum Gasteiger partial charge on any atom is -0.384 e. The summed E-state index contributed by atoms with van der Waals surface area (Å²) in [6.07, 6.45) is 1.48. The predicted octanol–water partition coefficient (Wildman–Crippen LogP) is 2.43. The van der Waals surface area contributed by atoms with Gasteiger partial charge < -0.3 is 15.4 Å². The SMILES string of the molecule is Nc1cccc([C@H]2CN(C(=O)c3ccc4ncccc4c3)CCO2)n1. The summed E-state index contributed by atoms with van der Waals surface area (Å²) in [5, 5.41) is 0.954. The van der Waals surface area contributed by atoms with Crippen LogP contribution in [0.5, 0.6) is 0 Å². The van der Waals surface area contributed by atoms with E-state index in [1.165, 1.54) is 0 Å². The van der Waals surface area contributed by atoms with E-state index >= 15 is 0 Å². The van der Waals surface area contributed by atoms with Crippen LogP contribution in [0.4, 0.5) is 5.82 Å². The average molecular weight is 334 g/mol. The van der Waals surface area contributed by atoms with Crippen LogP contribution < -0.4 is 5.73 Å². The van der Waals surface area contributed by atoms with Crippen LogP contribution >= 0.6 is 0 Å². The number of benzene rings is 1. The molecule has 1 aliphatic heterocycles. The number of ether oxygens (including phenoxy) is 1. The van der Waals surface area contributed by atoms with Gasteiger partial charge in [-0.05, 0) is 36.4 Å². The number of aromatic nitrogens is 2. The molecule has 2 aromatic heterocycles. The van der Waals surface area contributed by atoms with Gasteiger partial charge in [0.25, 0.3) is 5.91 Å². The Bertz CT molecular complexity index is 928. The van der Waals surface area contributed by atoms with Crippen molar-refractivity contribution in [3.8, 4) is 0 Å². The average Bonchev–Trinajstić information content (AvgIpc) is 2.67. The van der Waals surface area contributed by atoms with Crippen molar-refractivity contribution in [2.45, 2.75) is 6.10 Å². The summed E-state index contributed by atoms with van der Waals surface area (Å²) >= 11 is 0. The van der Waals surface area contributed by atoms with Crippen LogP contribution in [-0.2, 0) is 4.74 Å². The first-order valence-corrected chi connectivity index (χ1v) is 8.19. The Balaban J connectivity index is 1.56. The van der Waals surface area contributed by atoms with E-state index in [0.29, 0.717) is 31.1 Å². The number of rotatable bonds is 2. The predicted molar refractivity (Wildman–Crippen MR) is 95.0 cm³/mol. The van der Waals surface area contributed by atoms with Crippen molar-refractivity contribution < 1.29 is 9.53 Å². The molecule has 1 aliphatic rings. The summed E-state index contributed by atoms with van der Waals surface area (Å²) in [7, 11) is 0. The van der Waals surface area contributed by atoms with Crippen molar-refractivity contribution in [3.05, 3.63) is 66.0 Å². The third-order valence-electron chi connectivity index (χ3n) is 4.33. The molecule has 1 aromatic carbocycles. The number of anilines is 1. The Labute approximate surface area is 145 Å². The number of nitrogens with zero attached hydrogens (tertiary/aromatic N) is 3. The van der Waals surface area contributed by atoms with Crippen LogP contribution in [0, 0.1) is 0 Å². The normalized spacial score (nSPS) is 17.6. The van der Waals surface area contributed by atoms with Crippen molar-refractivity contribution in [1.29, 1.82) is 0 Å². The van der Waals surface area contributed by atoms with Crippen molar-refractivity contribution in [2.75, 3.05) is 25.4 Å². The Kier molecular flexibility index (Phi) is 4.03. The molecule has 1 saturated heterocycles. The van der Waals surface area contributed by atoms with Crippen molar-refractivity contribution >= 4 is 22.6 Å². The van der Waals surface area contributed by atoms with Crippen LogP contribution in [0.25, 0.3) is 10.9 Å². The molecule has 0 aliphatic carbocycles. The number of morpholine rings is 1. The van der Waals surface area contributed by atoms with E-state index in [1.54, 1.807) is 17.2 Å². The van der Waals surface area contributed by atoms with Crippen LogP contribution in [0.3, 0.4) is 0 Å². The first-order chi connectivity index (χ1) is 12.2. The Morgan fingerprint density at radius 2 is 2.12 bits per heavy atom. The highest BCUT2D eigenvalue weighted by Gasteiger charge is 2.27. The maximum atomic E-state index is 12.9. The second-order valence-electron chi connectivity index (χ2n) is 6.01. The minimum absolute atomic E-state index is 0.0112. The number of hydrogen-bond donors (Lipinski definition) is 1. The standard InChI is InChI=1S/C19H18N4O2/c20-18-5-1-4-16(22-18)17-12-23(9-10-25-17)19(24)14-6-7-15-13(11-14)3-2-8-21-15/h1-8,11,17H,9-10,12H2,(H2,20,22)/t17-/m1/s1. The molecule has 126 valence electrons. The van der Waals surface area contributed by atoms with Crippen LogP contribution in [0.1, 0.15) is 22.2 Å². The number of amides is 1. The summed E-state index contributed by atoms with van der Waals surface area (Å²) in [5.74, 6) is 0.439. The maximum Gasteiger partial charge on any atom is 0.254 e. The summed E-state index contributed by atoms with van der Waals surface area (Å²) < 4.78 is 5.78. The lowest BCUT2D eigenvalue weighted by atomic mass is 10.1. The molecule has 1 atom stereocenters. The number of carbonyl (C=O) groups is 1. The highest BCUT2D eigenvalue weighted by Crippen LogP contribution is 2.23. The van der Waals surface area contributed by atoms with E-state index in [9.17, 15) is 4.79 Å². The van der Waals surface area contributed by atoms with Crippen molar-refractivity contribution in [2.24, 2.45) is 0 Å². The number of nitrogens with two attached hydrogens (primary N) is 1. The fraction of sp³-hybridized carbons (Fsp3) is 0.211. The summed E-state index contributed by atoms with van der Waals surface area (Å²) in [4.78, 5) is 23.3. The first-order valence-electron chi connectivity index (χ1n) is 8.19. The largest absolute Gasteiger partial charge is 0.384 e. The maximum absolute atomic E-state index is 12.9. The summed E-state index contributed by atoms with van der Waals surface area (Å²) in [5.41, 5.74) is 8.03. The zero-order valence-corrected chi connectivity index (χ0v) is 13.6. The van der Waals surface area contributed by atoms with Crippen LogP contribution in [-0.4, -0.2) is 40.5 Å². The van der Waals surface area contributed by atoms with Gasteiger partial charge in [-0.2, -0.15) is 0 Å². The van der Waals surface area contributed by atoms with Gasteiger partial charge in [0.15, 0.2) is 0 Å². The number of pyridine rings is 2. The highest BCUT2D eigenvalue weighted by molar-refractivity contribution is 5.98. The topological polar surface area (TPSA) is 81.3 Å². The third-order valence-corrected chi connectivity index (χ3v) is 4.33. The zero-order chi connectivity index (χ0) is 17.2. The Hall–Kier alpha value is -2.99. The minimum atomic E-state index is -0.261. The molecular weight excluding hydrogens is 316 g/mol. The zero-order valence-electron chi connectivity index (χ0n) is 13.6. The van der Waals surface area contributed by atoms with Crippen LogP contribution in [0.15, 0.2) is 54.7 Å². The molecule has 0 bridgehead atoms. The van der Waals surface area contributed by atoms with Gasteiger partial charge in [-0.1, -0.05) is 12.1 Å². The molecule has 1 fully saturated rings. The lowest BCUT2D eigenvalue weighted by Crippen LogP contribution is -2.42. The molecule has 0 saturated carbocycles. The lowest BCUT2D eigenvalue weighted by molar-refractivity contribution is -0.0246. The van der Waals surface area contributed by atoms with E-state index in [4.69, 9.17) is 10.5 Å². The molecule has 0 radical (unpaired) electrons. The second kappa shape index (κ2) is 6.49. The molecule has 4 rings (SSSR count). The molecule has 25 heavy (non-hydrogen) atoms. The van der Waals surface area contributed by atoms with Gasteiger partial charge in [-0.3, -0.25) is 9.78 Å². The molecule has 3 aromatic rings. The second-order valence-corrected chi connectivity index (χ2v) is 6.01. The summed E-state index contributed by atoms with van der Waals surface area (Å²) in [6.45, 7) is 1.49. The number of fused-ring (bicyclic) bond motifs is 1. The van der Waals surface area contributed by atoms with Gasteiger partial charge in [0.1, 0.15) is 11.9 Å². The molecule has 6 heteroatoms. The van der Waals surface area contributed by atoms with Gasteiger partial charge in [0.05, 0.1) is 24.4 Å². The first kappa shape index (κ1) is 15.5. The lowest BCUT2D eigenvalue weighted by Gasteiger charge is -2.32. The quantitative estimate of drug-likeness (QED) is 0.778. The van der Waals surface area contributed by atoms with E-state index in [0.717, 1.165) is 16.6 Å². The molecule has 0 spiro atoms. The highest BCUT2D eigenvalue weighted by atomic mass is 16.5. The van der Waals surface area contributed by atoms with Gasteiger partial charge in [-0.15, -0.1) is 0 Å². The number of hydrogen-bond acceptors (Lipinski definition) is 5. The van der Waals surface area contributed by atoms with E-state index in [-0.39, 0.29) is 12.0 Å². The molecule has 6 nitrogen and oxygen atoms in total. The summed E-state index contributed by atoms with van der Waals surface area (Å²) in [6, 6.07) is 14.9. The number of carbonyl (C=O) groups excluding carboxylic acids is 1.